The molecule has 6 nitrogen and oxygen atoms in total. The van der Waals surface area contributed by atoms with Gasteiger partial charge in [0.15, 0.2) is 0 Å². The highest BCUT2D eigenvalue weighted by molar-refractivity contribution is 6.39. The molecule has 190 valence electrons. The first-order chi connectivity index (χ1) is 18.0. The van der Waals surface area contributed by atoms with Crippen LogP contribution in [0.4, 0.5) is 0 Å². The van der Waals surface area contributed by atoms with Crippen molar-refractivity contribution < 1.29 is 4.79 Å². The second-order valence-electron chi connectivity index (χ2n) is 9.59. The summed E-state index contributed by atoms with van der Waals surface area (Å²) in [6, 6.07) is 12.8. The summed E-state index contributed by atoms with van der Waals surface area (Å²) < 4.78 is 0. The van der Waals surface area contributed by atoms with Gasteiger partial charge in [-0.1, -0.05) is 66.5 Å². The van der Waals surface area contributed by atoms with E-state index in [1.807, 2.05) is 30.6 Å². The predicted molar refractivity (Wildman–Crippen MR) is 148 cm³/mol. The first-order valence-corrected chi connectivity index (χ1v) is 13.3. The van der Waals surface area contributed by atoms with Crippen molar-refractivity contribution in [2.45, 2.75) is 45.3 Å². The minimum absolute atomic E-state index is 0.231. The number of aryl methyl sites for hydroxylation is 1. The van der Waals surface area contributed by atoms with E-state index in [2.05, 4.69) is 51.4 Å². The number of pyridine rings is 2. The Hall–Kier alpha value is -3.06. The van der Waals surface area contributed by atoms with E-state index in [4.69, 9.17) is 28.2 Å². The second-order valence-corrected chi connectivity index (χ2v) is 10.4. The highest BCUT2D eigenvalue weighted by Crippen LogP contribution is 2.34. The van der Waals surface area contributed by atoms with Gasteiger partial charge < -0.3 is 5.32 Å². The van der Waals surface area contributed by atoms with Crippen molar-refractivity contribution in [3.05, 3.63) is 105 Å². The van der Waals surface area contributed by atoms with Gasteiger partial charge in [0, 0.05) is 56.1 Å². The average molecular weight is 534 g/mol. The summed E-state index contributed by atoms with van der Waals surface area (Å²) in [5.41, 5.74) is 6.12. The van der Waals surface area contributed by atoms with Crippen LogP contribution in [0, 0.1) is 5.92 Å². The van der Waals surface area contributed by atoms with Crippen LogP contribution in [0.1, 0.15) is 58.5 Å². The molecule has 0 saturated heterocycles. The number of aliphatic imine (C=N–C) groups is 1. The van der Waals surface area contributed by atoms with Crippen molar-refractivity contribution in [2.24, 2.45) is 10.9 Å². The molecule has 2 atom stereocenters. The van der Waals surface area contributed by atoms with Gasteiger partial charge in [-0.05, 0) is 42.0 Å². The molecule has 1 N–H and O–H groups in total. The van der Waals surface area contributed by atoms with Crippen LogP contribution in [0.5, 0.6) is 0 Å². The Labute approximate surface area is 227 Å². The number of halogens is 2. The maximum absolute atomic E-state index is 12.7. The number of rotatable bonds is 8. The Kier molecular flexibility index (Phi) is 7.99. The molecular weight excluding hydrogens is 505 g/mol. The van der Waals surface area contributed by atoms with E-state index in [0.29, 0.717) is 12.5 Å². The summed E-state index contributed by atoms with van der Waals surface area (Å²) in [5.74, 6) is 0.0118. The lowest BCUT2D eigenvalue weighted by molar-refractivity contribution is 0.0951. The number of aromatic nitrogens is 2. The van der Waals surface area contributed by atoms with Gasteiger partial charge in [-0.15, -0.1) is 0 Å². The van der Waals surface area contributed by atoms with Gasteiger partial charge in [-0.2, -0.15) is 0 Å². The Morgan fingerprint density at radius 2 is 1.92 bits per heavy atom. The number of amides is 1. The quantitative estimate of drug-likeness (QED) is 0.374. The molecule has 3 aromatic rings. The highest BCUT2D eigenvalue weighted by Gasteiger charge is 2.29. The van der Waals surface area contributed by atoms with Crippen LogP contribution in [0.25, 0.3) is 0 Å². The summed E-state index contributed by atoms with van der Waals surface area (Å²) in [7, 11) is 0. The van der Waals surface area contributed by atoms with Crippen LogP contribution in [-0.2, 0) is 19.5 Å². The van der Waals surface area contributed by atoms with E-state index in [1.165, 1.54) is 34.9 Å². The molecule has 0 bridgehead atoms. The van der Waals surface area contributed by atoms with E-state index in [-0.39, 0.29) is 27.6 Å². The second kappa shape index (κ2) is 11.5. The molecule has 2 aromatic heterocycles. The minimum atomic E-state index is -0.324. The zero-order valence-corrected chi connectivity index (χ0v) is 22.2. The third-order valence-corrected chi connectivity index (χ3v) is 7.60. The van der Waals surface area contributed by atoms with E-state index < -0.39 is 0 Å². The molecule has 3 heterocycles. The van der Waals surface area contributed by atoms with Gasteiger partial charge in [-0.3, -0.25) is 24.7 Å². The normalized spacial score (nSPS) is 18.5. The van der Waals surface area contributed by atoms with Crippen molar-refractivity contribution >= 4 is 34.8 Å². The van der Waals surface area contributed by atoms with Gasteiger partial charge in [0.1, 0.15) is 0 Å². The summed E-state index contributed by atoms with van der Waals surface area (Å²) in [4.78, 5) is 28.6. The molecule has 2 aliphatic rings. The van der Waals surface area contributed by atoms with E-state index >= 15 is 0 Å². The average Bonchev–Trinajstić information content (AvgIpc) is 3.31. The zero-order chi connectivity index (χ0) is 25.8. The molecule has 0 spiro atoms. The third-order valence-electron chi connectivity index (χ3n) is 7.02. The highest BCUT2D eigenvalue weighted by atomic mass is 35.5. The van der Waals surface area contributed by atoms with E-state index in [9.17, 15) is 4.79 Å². The number of benzene rings is 1. The fourth-order valence-corrected chi connectivity index (χ4v) is 5.61. The van der Waals surface area contributed by atoms with Crippen LogP contribution in [0.15, 0.2) is 72.3 Å². The zero-order valence-electron chi connectivity index (χ0n) is 20.7. The summed E-state index contributed by atoms with van der Waals surface area (Å²) >= 11 is 12.3. The molecule has 2 unspecified atom stereocenters. The van der Waals surface area contributed by atoms with Gasteiger partial charge in [-0.25, -0.2) is 0 Å². The van der Waals surface area contributed by atoms with Crippen LogP contribution in [-0.4, -0.2) is 33.0 Å². The van der Waals surface area contributed by atoms with Crippen molar-refractivity contribution in [3.63, 3.8) is 0 Å². The summed E-state index contributed by atoms with van der Waals surface area (Å²) in [5, 5.41) is 3.39. The first kappa shape index (κ1) is 25.6. The fourth-order valence-electron chi connectivity index (χ4n) is 5.08. The molecule has 1 aliphatic heterocycles. The summed E-state index contributed by atoms with van der Waals surface area (Å²) in [6.07, 6.45) is 12.1. The number of nitrogens with zero attached hydrogens (tertiary/aromatic N) is 4. The van der Waals surface area contributed by atoms with Crippen molar-refractivity contribution in [2.75, 3.05) is 6.54 Å². The largest absolute Gasteiger partial charge is 0.348 e. The number of hydrogen-bond donors (Lipinski definition) is 1. The molecule has 0 radical (unpaired) electrons. The molecule has 1 amide bonds. The Morgan fingerprint density at radius 3 is 2.70 bits per heavy atom. The predicted octanol–water partition coefficient (Wildman–Crippen LogP) is 6.20. The Morgan fingerprint density at radius 1 is 1.11 bits per heavy atom. The van der Waals surface area contributed by atoms with Crippen LogP contribution in [0.3, 0.4) is 0 Å². The van der Waals surface area contributed by atoms with Gasteiger partial charge in [0.2, 0.25) is 0 Å². The van der Waals surface area contributed by atoms with E-state index in [0.717, 1.165) is 37.9 Å². The van der Waals surface area contributed by atoms with Crippen molar-refractivity contribution in [3.8, 4) is 0 Å². The third kappa shape index (κ3) is 5.93. The molecule has 8 heteroatoms. The molecule has 0 saturated carbocycles. The molecule has 5 rings (SSSR count). The van der Waals surface area contributed by atoms with Crippen molar-refractivity contribution in [1.29, 1.82) is 0 Å². The number of fused-ring (bicyclic) bond motifs is 1. The van der Waals surface area contributed by atoms with Gasteiger partial charge >= 0.3 is 0 Å². The van der Waals surface area contributed by atoms with Gasteiger partial charge in [0.05, 0.1) is 27.3 Å². The molecule has 0 fully saturated rings. The molecular formula is C29H29Cl2N5O. The number of hydrogen-bond acceptors (Lipinski definition) is 5. The Bertz CT molecular complexity index is 1340. The van der Waals surface area contributed by atoms with E-state index in [1.54, 1.807) is 0 Å². The SMILES string of the molecule is CC1C=CN=C1CN(Cc1cccc(CNC(=O)c2c(Cl)cncc2Cl)c1)C1CCCc2cccnc21. The lowest BCUT2D eigenvalue weighted by Crippen LogP contribution is -2.36. The number of allylic oxidation sites excluding steroid dienone is 1. The van der Waals surface area contributed by atoms with Gasteiger partial charge in [0.25, 0.3) is 5.91 Å². The standard InChI is InChI=1S/C29H29Cl2N5O/c1-19-10-12-33-25(19)18-36(26-9-3-7-22-8-4-11-34-28(22)26)17-21-6-2-5-20(13-21)14-35-29(37)27-23(30)15-32-16-24(27)31/h2,4-6,8,10-13,15-16,19,26H,3,7,9,14,17-18H2,1H3,(H,35,37). The molecule has 1 aliphatic carbocycles. The monoisotopic (exact) mass is 533 g/mol. The molecule has 37 heavy (non-hydrogen) atoms. The molecule has 1 aromatic carbocycles. The minimum Gasteiger partial charge on any atom is -0.348 e. The summed E-state index contributed by atoms with van der Waals surface area (Å²) in [6.45, 7) is 4.10. The maximum atomic E-state index is 12.7. The van der Waals surface area contributed by atoms with Crippen LogP contribution in [0.2, 0.25) is 10.0 Å². The van der Waals surface area contributed by atoms with Crippen LogP contribution < -0.4 is 5.32 Å². The van der Waals surface area contributed by atoms with Crippen molar-refractivity contribution in [1.82, 2.24) is 20.2 Å². The number of nitrogens with one attached hydrogen (secondary N) is 1. The first-order valence-electron chi connectivity index (χ1n) is 12.6. The number of carbonyl (C=O) groups is 1. The fraction of sp³-hybridized carbons (Fsp3) is 0.310. The Balaban J connectivity index is 1.34. The number of carbonyl (C=O) groups excluding carboxylic acids is 1. The van der Waals surface area contributed by atoms with Crippen LogP contribution >= 0.6 is 23.2 Å². The smallest absolute Gasteiger partial charge is 0.254 e. The lowest BCUT2D eigenvalue weighted by Gasteiger charge is -2.35. The lowest BCUT2D eigenvalue weighted by atomic mass is 9.90. The maximum Gasteiger partial charge on any atom is 0.254 e. The topological polar surface area (TPSA) is 70.5 Å².